The van der Waals surface area contributed by atoms with E-state index in [4.69, 9.17) is 21.0 Å². The average Bonchev–Trinajstić information content (AvgIpc) is 3.15. The van der Waals surface area contributed by atoms with E-state index in [-0.39, 0.29) is 11.8 Å². The molecule has 0 saturated carbocycles. The number of nitrogens with one attached hydrogen (secondary N) is 1. The number of piperidine rings is 2. The number of hydrogen-bond donors (Lipinski definition) is 1. The molecule has 0 spiro atoms. The first-order valence-corrected chi connectivity index (χ1v) is 13.7. The Morgan fingerprint density at radius 3 is 2.43 bits per heavy atom. The van der Waals surface area contributed by atoms with Crippen LogP contribution in [0.25, 0.3) is 5.57 Å². The number of rotatable bonds is 9. The summed E-state index contributed by atoms with van der Waals surface area (Å²) in [7, 11) is 0. The molecule has 7 heteroatoms. The van der Waals surface area contributed by atoms with Gasteiger partial charge in [-0.2, -0.15) is 0 Å². The van der Waals surface area contributed by atoms with E-state index in [0.717, 1.165) is 86.4 Å². The van der Waals surface area contributed by atoms with Gasteiger partial charge in [0.15, 0.2) is 0 Å². The lowest BCUT2D eigenvalue weighted by molar-refractivity contribution is -0.126. The standard InChI is InChI=1S/C28H45ClN4O2/c1-7-24(29)26(19(2)3)28-31-25(22(6)35-28)18-32-13-9-23(10-14-32)27(34)30-11-8-12-33-16-20(4)15-21(5)17-33/h7,20-21,23H,8-18H2,1-6H3,(H,30,34)/b24-7+/t20-,21+. The first kappa shape index (κ1) is 27.9. The van der Waals surface area contributed by atoms with E-state index >= 15 is 0 Å². The van der Waals surface area contributed by atoms with Crippen LogP contribution in [-0.2, 0) is 11.3 Å². The fourth-order valence-electron chi connectivity index (χ4n) is 5.58. The van der Waals surface area contributed by atoms with Crippen molar-refractivity contribution in [2.45, 2.75) is 73.8 Å². The fourth-order valence-corrected chi connectivity index (χ4v) is 5.85. The van der Waals surface area contributed by atoms with Gasteiger partial charge in [0.05, 0.1) is 11.3 Å². The van der Waals surface area contributed by atoms with Gasteiger partial charge in [0.2, 0.25) is 11.8 Å². The van der Waals surface area contributed by atoms with Crippen molar-refractivity contribution in [1.29, 1.82) is 0 Å². The molecule has 0 unspecified atom stereocenters. The molecule has 35 heavy (non-hydrogen) atoms. The maximum Gasteiger partial charge on any atom is 0.227 e. The summed E-state index contributed by atoms with van der Waals surface area (Å²) in [6, 6.07) is 0. The molecule has 0 bridgehead atoms. The number of oxazole rings is 1. The van der Waals surface area contributed by atoms with E-state index in [1.807, 2.05) is 33.8 Å². The topological polar surface area (TPSA) is 61.6 Å². The summed E-state index contributed by atoms with van der Waals surface area (Å²) in [5.74, 6) is 3.32. The molecular formula is C28H45ClN4O2. The molecule has 2 aliphatic heterocycles. The number of halogens is 1. The summed E-state index contributed by atoms with van der Waals surface area (Å²) in [5, 5.41) is 3.85. The number of carbonyl (C=O) groups is 1. The second-order valence-corrected chi connectivity index (χ2v) is 11.3. The van der Waals surface area contributed by atoms with Crippen LogP contribution in [0.1, 0.15) is 77.6 Å². The molecule has 196 valence electrons. The third kappa shape index (κ3) is 7.93. The molecule has 0 aromatic carbocycles. The van der Waals surface area contributed by atoms with Gasteiger partial charge in [-0.3, -0.25) is 9.69 Å². The summed E-state index contributed by atoms with van der Waals surface area (Å²) < 4.78 is 5.98. The van der Waals surface area contributed by atoms with Crippen LogP contribution in [0.4, 0.5) is 0 Å². The van der Waals surface area contributed by atoms with Crippen molar-refractivity contribution in [2.24, 2.45) is 17.8 Å². The van der Waals surface area contributed by atoms with Crippen LogP contribution in [0, 0.1) is 24.7 Å². The molecule has 0 radical (unpaired) electrons. The van der Waals surface area contributed by atoms with Crippen LogP contribution >= 0.6 is 11.6 Å². The normalized spacial score (nSPS) is 22.9. The smallest absolute Gasteiger partial charge is 0.227 e. The third-order valence-electron chi connectivity index (χ3n) is 7.33. The predicted octanol–water partition coefficient (Wildman–Crippen LogP) is 5.62. The Labute approximate surface area is 217 Å². The molecule has 3 rings (SSSR count). The highest BCUT2D eigenvalue weighted by molar-refractivity contribution is 6.36. The quantitative estimate of drug-likeness (QED) is 0.349. The first-order valence-electron chi connectivity index (χ1n) is 13.4. The molecule has 1 aromatic rings. The van der Waals surface area contributed by atoms with Crippen LogP contribution in [0.2, 0.25) is 0 Å². The summed E-state index contributed by atoms with van der Waals surface area (Å²) in [4.78, 5) is 22.4. The lowest BCUT2D eigenvalue weighted by Crippen LogP contribution is -2.42. The van der Waals surface area contributed by atoms with Gasteiger partial charge in [-0.15, -0.1) is 0 Å². The van der Waals surface area contributed by atoms with Crippen LogP contribution < -0.4 is 5.32 Å². The predicted molar refractivity (Wildman–Crippen MR) is 144 cm³/mol. The highest BCUT2D eigenvalue weighted by atomic mass is 35.5. The van der Waals surface area contributed by atoms with E-state index in [1.54, 1.807) is 0 Å². The minimum atomic E-state index is 0.112. The van der Waals surface area contributed by atoms with Gasteiger partial charge in [-0.25, -0.2) is 4.98 Å². The van der Waals surface area contributed by atoms with Crippen molar-refractivity contribution in [2.75, 3.05) is 39.3 Å². The Morgan fingerprint density at radius 2 is 1.83 bits per heavy atom. The summed E-state index contributed by atoms with van der Waals surface area (Å²) >= 11 is 6.41. The zero-order valence-corrected chi connectivity index (χ0v) is 23.4. The number of carbonyl (C=O) groups excluding carboxylic acids is 1. The van der Waals surface area contributed by atoms with Crippen LogP contribution in [0.5, 0.6) is 0 Å². The van der Waals surface area contributed by atoms with Gasteiger partial charge in [0, 0.05) is 37.1 Å². The minimum absolute atomic E-state index is 0.112. The molecule has 1 amide bonds. The van der Waals surface area contributed by atoms with Gasteiger partial charge < -0.3 is 14.6 Å². The highest BCUT2D eigenvalue weighted by Gasteiger charge is 2.27. The summed E-state index contributed by atoms with van der Waals surface area (Å²) in [5.41, 5.74) is 2.89. The molecule has 0 aliphatic carbocycles. The van der Waals surface area contributed by atoms with Crippen molar-refractivity contribution in [3.8, 4) is 0 Å². The van der Waals surface area contributed by atoms with Gasteiger partial charge in [-0.05, 0) is 84.8 Å². The Bertz CT molecular complexity index is 900. The maximum atomic E-state index is 12.7. The molecule has 2 aliphatic rings. The number of allylic oxidation sites excluding steroid dienone is 4. The highest BCUT2D eigenvalue weighted by Crippen LogP contribution is 2.31. The van der Waals surface area contributed by atoms with Gasteiger partial charge in [0.25, 0.3) is 0 Å². The van der Waals surface area contributed by atoms with Crippen LogP contribution in [0.3, 0.4) is 0 Å². The van der Waals surface area contributed by atoms with Gasteiger partial charge >= 0.3 is 0 Å². The van der Waals surface area contributed by atoms with Crippen molar-refractivity contribution in [3.05, 3.63) is 34.0 Å². The Morgan fingerprint density at radius 1 is 1.17 bits per heavy atom. The van der Waals surface area contributed by atoms with E-state index in [1.165, 1.54) is 19.5 Å². The Kier molecular flexibility index (Phi) is 10.4. The molecule has 2 atom stereocenters. The zero-order valence-electron chi connectivity index (χ0n) is 22.6. The number of hydrogen-bond acceptors (Lipinski definition) is 5. The molecule has 2 fully saturated rings. The second-order valence-electron chi connectivity index (χ2n) is 10.9. The van der Waals surface area contributed by atoms with E-state index in [2.05, 4.69) is 29.0 Å². The first-order chi connectivity index (χ1) is 16.7. The summed E-state index contributed by atoms with van der Waals surface area (Å²) in [6.07, 6.45) is 6.02. The molecule has 2 saturated heterocycles. The summed E-state index contributed by atoms with van der Waals surface area (Å²) in [6.45, 7) is 19.4. The van der Waals surface area contributed by atoms with Crippen molar-refractivity contribution in [1.82, 2.24) is 20.1 Å². The van der Waals surface area contributed by atoms with E-state index in [9.17, 15) is 4.79 Å². The van der Waals surface area contributed by atoms with Crippen molar-refractivity contribution >= 4 is 23.1 Å². The fraction of sp³-hybridized carbons (Fsp3) is 0.714. The van der Waals surface area contributed by atoms with E-state index < -0.39 is 0 Å². The van der Waals surface area contributed by atoms with Crippen molar-refractivity contribution in [3.63, 3.8) is 0 Å². The third-order valence-corrected chi connectivity index (χ3v) is 7.73. The minimum Gasteiger partial charge on any atom is -0.441 e. The Hall–Kier alpha value is -1.63. The van der Waals surface area contributed by atoms with Gasteiger partial charge in [0.1, 0.15) is 5.76 Å². The Balaban J connectivity index is 1.42. The second kappa shape index (κ2) is 13.1. The monoisotopic (exact) mass is 504 g/mol. The number of likely N-dealkylation sites (tertiary alicyclic amines) is 2. The number of aromatic nitrogens is 1. The largest absolute Gasteiger partial charge is 0.441 e. The molecule has 6 nitrogen and oxygen atoms in total. The molecule has 1 aromatic heterocycles. The van der Waals surface area contributed by atoms with Crippen LogP contribution in [-0.4, -0.2) is 60.0 Å². The SMILES string of the molecule is C/C=C(/Cl)C(=C(C)C)c1nc(CN2CCC(C(=O)NCCCN3C[C@H](C)C[C@H](C)C3)CC2)c(C)o1. The zero-order chi connectivity index (χ0) is 25.5. The molecule has 1 N–H and O–H groups in total. The molecular weight excluding hydrogens is 460 g/mol. The lowest BCUT2D eigenvalue weighted by Gasteiger charge is -2.35. The average molecular weight is 505 g/mol. The van der Waals surface area contributed by atoms with Crippen molar-refractivity contribution < 1.29 is 9.21 Å². The number of nitrogens with zero attached hydrogens (tertiary/aromatic N) is 3. The number of aryl methyl sites for hydroxylation is 1. The van der Waals surface area contributed by atoms with E-state index in [0.29, 0.717) is 10.9 Å². The number of amides is 1. The van der Waals surface area contributed by atoms with Crippen LogP contribution in [0.15, 0.2) is 21.1 Å². The maximum absolute atomic E-state index is 12.7. The lowest BCUT2D eigenvalue weighted by atomic mass is 9.92. The molecule has 3 heterocycles. The van der Waals surface area contributed by atoms with Gasteiger partial charge in [-0.1, -0.05) is 37.1 Å².